The van der Waals surface area contributed by atoms with Gasteiger partial charge in [0.15, 0.2) is 0 Å². The minimum atomic E-state index is 0.303. The molecule has 0 unspecified atom stereocenters. The van der Waals surface area contributed by atoms with Gasteiger partial charge in [-0.1, -0.05) is 25.4 Å². The van der Waals surface area contributed by atoms with Gasteiger partial charge in [0.25, 0.3) is 0 Å². The first-order valence-corrected chi connectivity index (χ1v) is 5.54. The Kier molecular flexibility index (Phi) is 4.35. The molecule has 0 radical (unpaired) electrons. The molecule has 1 rings (SSSR count). The molecule has 0 atom stereocenters. The summed E-state index contributed by atoms with van der Waals surface area (Å²) >= 11 is 5.91. The molecular formula is C13H13ClN2. The molecule has 2 nitrogen and oxygen atoms in total. The fourth-order valence-electron chi connectivity index (χ4n) is 1.69. The maximum Gasteiger partial charge on any atom is 0.0995 e. The van der Waals surface area contributed by atoms with Crippen molar-refractivity contribution in [1.29, 1.82) is 10.5 Å². The SMILES string of the molecule is CC(C)Cc1c(C#N)cc(Cl)cc1CC#N. The number of halogens is 1. The standard InChI is InChI=1S/C13H13ClN2/c1-9(2)5-13-10(3-4-15)6-12(14)7-11(13)8-16/h6-7,9H,3,5H2,1-2H3. The van der Waals surface area contributed by atoms with E-state index < -0.39 is 0 Å². The summed E-state index contributed by atoms with van der Waals surface area (Å²) in [6.07, 6.45) is 1.11. The van der Waals surface area contributed by atoms with E-state index in [1.54, 1.807) is 12.1 Å². The van der Waals surface area contributed by atoms with Crippen molar-refractivity contribution in [3.63, 3.8) is 0 Å². The highest BCUT2D eigenvalue weighted by atomic mass is 35.5. The highest BCUT2D eigenvalue weighted by Gasteiger charge is 2.11. The van der Waals surface area contributed by atoms with Gasteiger partial charge in [0.05, 0.1) is 24.1 Å². The molecular weight excluding hydrogens is 220 g/mol. The Labute approximate surface area is 101 Å². The molecule has 1 aromatic carbocycles. The molecule has 0 fully saturated rings. The minimum Gasteiger partial charge on any atom is -0.198 e. The Balaban J connectivity index is 3.29. The summed E-state index contributed by atoms with van der Waals surface area (Å²) in [7, 11) is 0. The normalized spacial score (nSPS) is 9.88. The summed E-state index contributed by atoms with van der Waals surface area (Å²) < 4.78 is 0. The predicted molar refractivity (Wildman–Crippen MR) is 64.0 cm³/mol. The van der Waals surface area contributed by atoms with Gasteiger partial charge in [0, 0.05) is 5.02 Å². The molecule has 0 saturated heterocycles. The maximum absolute atomic E-state index is 9.06. The number of benzene rings is 1. The zero-order valence-corrected chi connectivity index (χ0v) is 10.2. The lowest BCUT2D eigenvalue weighted by Gasteiger charge is -2.12. The van der Waals surface area contributed by atoms with E-state index in [9.17, 15) is 0 Å². The molecule has 82 valence electrons. The lowest BCUT2D eigenvalue weighted by molar-refractivity contribution is 0.643. The smallest absolute Gasteiger partial charge is 0.0995 e. The lowest BCUT2D eigenvalue weighted by Crippen LogP contribution is -2.02. The first-order valence-electron chi connectivity index (χ1n) is 5.16. The van der Waals surface area contributed by atoms with E-state index in [4.69, 9.17) is 22.1 Å². The van der Waals surface area contributed by atoms with Crippen LogP contribution < -0.4 is 0 Å². The van der Waals surface area contributed by atoms with Crippen molar-refractivity contribution in [3.8, 4) is 12.1 Å². The number of nitrogens with zero attached hydrogens (tertiary/aromatic N) is 2. The summed E-state index contributed by atoms with van der Waals surface area (Å²) in [6, 6.07) is 7.70. The highest BCUT2D eigenvalue weighted by molar-refractivity contribution is 6.30. The van der Waals surface area contributed by atoms with Crippen molar-refractivity contribution in [2.24, 2.45) is 5.92 Å². The molecule has 0 aliphatic heterocycles. The summed E-state index contributed by atoms with van der Waals surface area (Å²) in [5.41, 5.74) is 2.43. The molecule has 16 heavy (non-hydrogen) atoms. The van der Waals surface area contributed by atoms with E-state index in [0.717, 1.165) is 17.5 Å². The van der Waals surface area contributed by atoms with Gasteiger partial charge < -0.3 is 0 Å². The van der Waals surface area contributed by atoms with Gasteiger partial charge in [-0.25, -0.2) is 0 Å². The molecule has 0 aliphatic carbocycles. The predicted octanol–water partition coefficient (Wildman–Crippen LogP) is 3.48. The molecule has 0 bridgehead atoms. The van der Waals surface area contributed by atoms with Crippen LogP contribution in [-0.4, -0.2) is 0 Å². The fourth-order valence-corrected chi connectivity index (χ4v) is 1.93. The molecule has 1 aromatic rings. The summed E-state index contributed by atoms with van der Waals surface area (Å²) in [5.74, 6) is 0.450. The molecule has 0 spiro atoms. The summed E-state index contributed by atoms with van der Waals surface area (Å²) in [6.45, 7) is 4.18. The first kappa shape index (κ1) is 12.6. The van der Waals surface area contributed by atoms with Crippen molar-refractivity contribution >= 4 is 11.6 Å². The Hall–Kier alpha value is -1.51. The van der Waals surface area contributed by atoms with E-state index >= 15 is 0 Å². The van der Waals surface area contributed by atoms with Gasteiger partial charge >= 0.3 is 0 Å². The van der Waals surface area contributed by atoms with Crippen LogP contribution in [0.5, 0.6) is 0 Å². The van der Waals surface area contributed by atoms with Gasteiger partial charge in [-0.2, -0.15) is 10.5 Å². The van der Waals surface area contributed by atoms with Crippen LogP contribution >= 0.6 is 11.6 Å². The third kappa shape index (κ3) is 2.99. The van der Waals surface area contributed by atoms with Crippen LogP contribution in [-0.2, 0) is 12.8 Å². The van der Waals surface area contributed by atoms with Crippen LogP contribution in [0.1, 0.15) is 30.5 Å². The van der Waals surface area contributed by atoms with Gasteiger partial charge in [0.2, 0.25) is 0 Å². The fraction of sp³-hybridized carbons (Fsp3) is 0.385. The number of nitriles is 2. The van der Waals surface area contributed by atoms with Crippen molar-refractivity contribution < 1.29 is 0 Å². The topological polar surface area (TPSA) is 47.6 Å². The Morgan fingerprint density at radius 3 is 2.50 bits per heavy atom. The largest absolute Gasteiger partial charge is 0.198 e. The second-order valence-electron chi connectivity index (χ2n) is 4.14. The van der Waals surface area contributed by atoms with Crippen molar-refractivity contribution in [2.75, 3.05) is 0 Å². The molecule has 3 heteroatoms. The molecule has 0 amide bonds. The number of hydrogen-bond donors (Lipinski definition) is 0. The quantitative estimate of drug-likeness (QED) is 0.801. The van der Waals surface area contributed by atoms with Gasteiger partial charge in [0.1, 0.15) is 0 Å². The van der Waals surface area contributed by atoms with Crippen molar-refractivity contribution in [3.05, 3.63) is 33.8 Å². The van der Waals surface area contributed by atoms with Crippen LogP contribution in [0.25, 0.3) is 0 Å². The Morgan fingerprint density at radius 1 is 1.31 bits per heavy atom. The van der Waals surface area contributed by atoms with Crippen LogP contribution in [0.15, 0.2) is 12.1 Å². The Bertz CT molecular complexity index is 464. The monoisotopic (exact) mass is 232 g/mol. The van der Waals surface area contributed by atoms with Crippen LogP contribution in [0, 0.1) is 28.6 Å². The van der Waals surface area contributed by atoms with E-state index in [1.807, 2.05) is 0 Å². The zero-order chi connectivity index (χ0) is 12.1. The van der Waals surface area contributed by atoms with Gasteiger partial charge in [-0.3, -0.25) is 0 Å². The highest BCUT2D eigenvalue weighted by Crippen LogP contribution is 2.23. The second-order valence-corrected chi connectivity index (χ2v) is 4.57. The van der Waals surface area contributed by atoms with Gasteiger partial charge in [-0.15, -0.1) is 0 Å². The minimum absolute atomic E-state index is 0.303. The summed E-state index contributed by atoms with van der Waals surface area (Å²) in [5, 5.41) is 18.3. The molecule has 0 aliphatic rings. The zero-order valence-electron chi connectivity index (χ0n) is 9.42. The average Bonchev–Trinajstić information content (AvgIpc) is 2.21. The van der Waals surface area contributed by atoms with Crippen LogP contribution in [0.2, 0.25) is 5.02 Å². The van der Waals surface area contributed by atoms with E-state index in [0.29, 0.717) is 22.9 Å². The van der Waals surface area contributed by atoms with Crippen LogP contribution in [0.4, 0.5) is 0 Å². The van der Waals surface area contributed by atoms with Crippen LogP contribution in [0.3, 0.4) is 0 Å². The van der Waals surface area contributed by atoms with Crippen molar-refractivity contribution in [1.82, 2.24) is 0 Å². The first-order chi connectivity index (χ1) is 7.58. The summed E-state index contributed by atoms with van der Waals surface area (Å²) in [4.78, 5) is 0. The van der Waals surface area contributed by atoms with E-state index in [1.165, 1.54) is 0 Å². The lowest BCUT2D eigenvalue weighted by atomic mass is 9.92. The van der Waals surface area contributed by atoms with E-state index in [-0.39, 0.29) is 0 Å². The Morgan fingerprint density at radius 2 is 2.00 bits per heavy atom. The second kappa shape index (κ2) is 5.54. The van der Waals surface area contributed by atoms with E-state index in [2.05, 4.69) is 26.0 Å². The molecule has 0 aromatic heterocycles. The molecule has 0 saturated carbocycles. The molecule has 0 heterocycles. The third-order valence-electron chi connectivity index (χ3n) is 2.31. The molecule has 0 N–H and O–H groups in total. The number of rotatable bonds is 3. The number of hydrogen-bond acceptors (Lipinski definition) is 2. The maximum atomic E-state index is 9.06. The van der Waals surface area contributed by atoms with Crippen molar-refractivity contribution in [2.45, 2.75) is 26.7 Å². The average molecular weight is 233 g/mol. The van der Waals surface area contributed by atoms with Gasteiger partial charge in [-0.05, 0) is 35.6 Å². The third-order valence-corrected chi connectivity index (χ3v) is 2.53.